The first-order valence-electron chi connectivity index (χ1n) is 4.20. The quantitative estimate of drug-likeness (QED) is 0.650. The Morgan fingerprint density at radius 2 is 2.50 bits per heavy atom. The molecule has 0 radical (unpaired) electrons. The van der Waals surface area contributed by atoms with Gasteiger partial charge in [0.15, 0.2) is 0 Å². The summed E-state index contributed by atoms with van der Waals surface area (Å²) in [5.41, 5.74) is 1.61. The Labute approximate surface area is 85.7 Å². The zero-order valence-electron chi connectivity index (χ0n) is 7.60. The molecule has 0 unspecified atom stereocenters. The van der Waals surface area contributed by atoms with Gasteiger partial charge in [-0.2, -0.15) is 0 Å². The number of thiazole rings is 1. The van der Waals surface area contributed by atoms with Crippen LogP contribution >= 0.6 is 11.3 Å². The molecule has 14 heavy (non-hydrogen) atoms. The van der Waals surface area contributed by atoms with Crippen molar-refractivity contribution in [2.45, 2.75) is 0 Å². The first-order valence-corrected chi connectivity index (χ1v) is 5.08. The SMILES string of the molecule is O=C(NCCOCCO)c1cncs1. The zero-order valence-corrected chi connectivity index (χ0v) is 8.42. The van der Waals surface area contributed by atoms with E-state index in [1.54, 1.807) is 5.51 Å². The standard InChI is InChI=1S/C8H12N2O3S/c11-2-4-13-3-1-10-8(12)7-5-9-6-14-7/h5-6,11H,1-4H2,(H,10,12). The summed E-state index contributed by atoms with van der Waals surface area (Å²) in [5, 5.41) is 11.1. The first-order chi connectivity index (χ1) is 6.84. The highest BCUT2D eigenvalue weighted by molar-refractivity contribution is 7.11. The lowest BCUT2D eigenvalue weighted by molar-refractivity contribution is 0.0840. The Morgan fingerprint density at radius 3 is 3.14 bits per heavy atom. The van der Waals surface area contributed by atoms with E-state index in [1.807, 2.05) is 0 Å². The number of hydrogen-bond acceptors (Lipinski definition) is 5. The molecule has 0 aliphatic rings. The molecule has 6 heteroatoms. The minimum Gasteiger partial charge on any atom is -0.394 e. The molecule has 0 saturated heterocycles. The number of nitrogens with zero attached hydrogens (tertiary/aromatic N) is 1. The third kappa shape index (κ3) is 3.82. The van der Waals surface area contributed by atoms with Crippen LogP contribution in [-0.2, 0) is 4.74 Å². The van der Waals surface area contributed by atoms with Gasteiger partial charge in [-0.15, -0.1) is 11.3 Å². The molecule has 1 heterocycles. The summed E-state index contributed by atoms with van der Waals surface area (Å²) in [6.45, 7) is 1.15. The molecular weight excluding hydrogens is 204 g/mol. The Morgan fingerprint density at radius 1 is 1.64 bits per heavy atom. The molecule has 0 saturated carbocycles. The Hall–Kier alpha value is -0.980. The summed E-state index contributed by atoms with van der Waals surface area (Å²) in [5.74, 6) is -0.139. The van der Waals surface area contributed by atoms with E-state index < -0.39 is 0 Å². The Kier molecular flexibility index (Phi) is 5.13. The number of nitrogens with one attached hydrogen (secondary N) is 1. The molecule has 1 aromatic rings. The van der Waals surface area contributed by atoms with Crippen LogP contribution in [0.3, 0.4) is 0 Å². The van der Waals surface area contributed by atoms with Crippen LogP contribution in [0.4, 0.5) is 0 Å². The van der Waals surface area contributed by atoms with Crippen LogP contribution in [0.2, 0.25) is 0 Å². The van der Waals surface area contributed by atoms with Gasteiger partial charge in [-0.3, -0.25) is 9.78 Å². The van der Waals surface area contributed by atoms with E-state index in [9.17, 15) is 4.79 Å². The molecule has 1 rings (SSSR count). The predicted octanol–water partition coefficient (Wildman–Crippen LogP) is -0.118. The Bertz CT molecular complexity index is 264. The number of hydrogen-bond donors (Lipinski definition) is 2. The summed E-state index contributed by atoms with van der Waals surface area (Å²) in [6.07, 6.45) is 1.52. The second kappa shape index (κ2) is 6.47. The van der Waals surface area contributed by atoms with Gasteiger partial charge < -0.3 is 15.2 Å². The van der Waals surface area contributed by atoms with Crippen LogP contribution in [0, 0.1) is 0 Å². The van der Waals surface area contributed by atoms with Crippen LogP contribution < -0.4 is 5.32 Å². The van der Waals surface area contributed by atoms with E-state index in [0.717, 1.165) is 0 Å². The topological polar surface area (TPSA) is 71.5 Å². The first kappa shape index (κ1) is 11.1. The fourth-order valence-corrected chi connectivity index (χ4v) is 1.35. The minimum atomic E-state index is -0.139. The second-order valence-electron chi connectivity index (χ2n) is 2.46. The summed E-state index contributed by atoms with van der Waals surface area (Å²) in [7, 11) is 0. The maximum atomic E-state index is 11.3. The van der Waals surface area contributed by atoms with Crippen LogP contribution in [-0.4, -0.2) is 42.4 Å². The van der Waals surface area contributed by atoms with Crippen LogP contribution in [0.5, 0.6) is 0 Å². The van der Waals surface area contributed by atoms with Gasteiger partial charge in [0.2, 0.25) is 0 Å². The van der Waals surface area contributed by atoms with Crippen molar-refractivity contribution < 1.29 is 14.6 Å². The molecule has 5 nitrogen and oxygen atoms in total. The van der Waals surface area contributed by atoms with Crippen molar-refractivity contribution in [3.63, 3.8) is 0 Å². The van der Waals surface area contributed by atoms with Crippen molar-refractivity contribution in [2.24, 2.45) is 0 Å². The number of aliphatic hydroxyl groups is 1. The maximum Gasteiger partial charge on any atom is 0.263 e. The number of ether oxygens (including phenoxy) is 1. The summed E-state index contributed by atoms with van der Waals surface area (Å²) < 4.78 is 4.97. The lowest BCUT2D eigenvalue weighted by atomic mass is 10.5. The van der Waals surface area contributed by atoms with Gasteiger partial charge in [0.25, 0.3) is 5.91 Å². The van der Waals surface area contributed by atoms with Crippen molar-refractivity contribution in [2.75, 3.05) is 26.4 Å². The zero-order chi connectivity index (χ0) is 10.2. The van der Waals surface area contributed by atoms with Crippen molar-refractivity contribution in [3.8, 4) is 0 Å². The number of carbonyl (C=O) groups excluding carboxylic acids is 1. The molecule has 1 amide bonds. The molecule has 1 aromatic heterocycles. The van der Waals surface area contributed by atoms with Crippen molar-refractivity contribution in [3.05, 3.63) is 16.6 Å². The van der Waals surface area contributed by atoms with Crippen LogP contribution in [0.15, 0.2) is 11.7 Å². The fourth-order valence-electron chi connectivity index (χ4n) is 0.818. The molecular formula is C8H12N2O3S. The summed E-state index contributed by atoms with van der Waals surface area (Å²) in [4.78, 5) is 15.7. The van der Waals surface area contributed by atoms with E-state index in [4.69, 9.17) is 9.84 Å². The van der Waals surface area contributed by atoms with Crippen molar-refractivity contribution >= 4 is 17.2 Å². The third-order valence-electron chi connectivity index (χ3n) is 1.42. The maximum absolute atomic E-state index is 11.3. The normalized spacial score (nSPS) is 10.1. The average Bonchev–Trinajstić information content (AvgIpc) is 2.70. The average molecular weight is 216 g/mol. The van der Waals surface area contributed by atoms with Gasteiger partial charge in [0, 0.05) is 6.54 Å². The molecule has 0 aliphatic carbocycles. The molecule has 0 bridgehead atoms. The fraction of sp³-hybridized carbons (Fsp3) is 0.500. The van der Waals surface area contributed by atoms with Gasteiger partial charge in [0.1, 0.15) is 4.88 Å². The number of carbonyl (C=O) groups is 1. The highest BCUT2D eigenvalue weighted by Gasteiger charge is 2.05. The van der Waals surface area contributed by atoms with Crippen LogP contribution in [0.25, 0.3) is 0 Å². The van der Waals surface area contributed by atoms with Crippen molar-refractivity contribution in [1.29, 1.82) is 0 Å². The largest absolute Gasteiger partial charge is 0.394 e. The highest BCUT2D eigenvalue weighted by Crippen LogP contribution is 2.03. The lowest BCUT2D eigenvalue weighted by Gasteiger charge is -2.03. The van der Waals surface area contributed by atoms with Gasteiger partial charge in [-0.1, -0.05) is 0 Å². The van der Waals surface area contributed by atoms with Crippen LogP contribution in [0.1, 0.15) is 9.67 Å². The van der Waals surface area contributed by atoms with E-state index in [2.05, 4.69) is 10.3 Å². The minimum absolute atomic E-state index is 0.00277. The molecule has 0 fully saturated rings. The van der Waals surface area contributed by atoms with E-state index in [0.29, 0.717) is 24.6 Å². The van der Waals surface area contributed by atoms with E-state index >= 15 is 0 Å². The number of aliphatic hydroxyl groups excluding tert-OH is 1. The highest BCUT2D eigenvalue weighted by atomic mass is 32.1. The summed E-state index contributed by atoms with van der Waals surface area (Å²) >= 11 is 1.30. The molecule has 0 atom stereocenters. The number of aromatic nitrogens is 1. The summed E-state index contributed by atoms with van der Waals surface area (Å²) in [6, 6.07) is 0. The lowest BCUT2D eigenvalue weighted by Crippen LogP contribution is -2.26. The van der Waals surface area contributed by atoms with Gasteiger partial charge in [0.05, 0.1) is 31.5 Å². The molecule has 2 N–H and O–H groups in total. The van der Waals surface area contributed by atoms with Gasteiger partial charge >= 0.3 is 0 Å². The van der Waals surface area contributed by atoms with Gasteiger partial charge in [-0.25, -0.2) is 0 Å². The van der Waals surface area contributed by atoms with Gasteiger partial charge in [-0.05, 0) is 0 Å². The van der Waals surface area contributed by atoms with Crippen molar-refractivity contribution in [1.82, 2.24) is 10.3 Å². The molecule has 78 valence electrons. The second-order valence-corrected chi connectivity index (χ2v) is 3.34. The molecule has 0 aromatic carbocycles. The smallest absolute Gasteiger partial charge is 0.263 e. The van der Waals surface area contributed by atoms with E-state index in [-0.39, 0.29) is 12.5 Å². The number of rotatable bonds is 6. The number of amides is 1. The monoisotopic (exact) mass is 216 g/mol. The third-order valence-corrected chi connectivity index (χ3v) is 2.20. The molecule has 0 spiro atoms. The Balaban J connectivity index is 2.10. The molecule has 0 aliphatic heterocycles. The van der Waals surface area contributed by atoms with E-state index in [1.165, 1.54) is 17.5 Å². The predicted molar refractivity (Wildman–Crippen MR) is 52.4 cm³/mol.